The van der Waals surface area contributed by atoms with Crippen LogP contribution in [0.1, 0.15) is 51.2 Å². The molecule has 35 heavy (non-hydrogen) atoms. The fourth-order valence-electron chi connectivity index (χ4n) is 3.63. The fourth-order valence-corrected chi connectivity index (χ4v) is 4.60. The number of carbonyl (C=O) groups excluding carboxylic acids is 2. The normalized spacial score (nSPS) is 13.1. The number of amides is 2. The zero-order valence-corrected chi connectivity index (χ0v) is 21.9. The fraction of sp³-hybridized carbons (Fsp3) is 0.462. The van der Waals surface area contributed by atoms with Crippen LogP contribution in [0.15, 0.2) is 48.5 Å². The van der Waals surface area contributed by atoms with Crippen LogP contribution in [0.5, 0.6) is 0 Å². The Morgan fingerprint density at radius 1 is 1.06 bits per heavy atom. The van der Waals surface area contributed by atoms with E-state index in [9.17, 15) is 22.4 Å². The van der Waals surface area contributed by atoms with Crippen molar-refractivity contribution in [3.05, 3.63) is 65.5 Å². The molecule has 0 unspecified atom stereocenters. The molecular weight excluding hydrogens is 469 g/mol. The first kappa shape index (κ1) is 28.3. The van der Waals surface area contributed by atoms with Crippen LogP contribution < -0.4 is 9.62 Å². The Morgan fingerprint density at radius 3 is 2.26 bits per heavy atom. The number of nitrogens with one attached hydrogen (secondary N) is 1. The van der Waals surface area contributed by atoms with E-state index in [0.717, 1.165) is 28.1 Å². The van der Waals surface area contributed by atoms with Gasteiger partial charge in [-0.1, -0.05) is 31.2 Å². The van der Waals surface area contributed by atoms with E-state index in [1.54, 1.807) is 11.8 Å². The molecule has 0 fully saturated rings. The molecule has 7 nitrogen and oxygen atoms in total. The zero-order valence-electron chi connectivity index (χ0n) is 21.1. The summed E-state index contributed by atoms with van der Waals surface area (Å²) < 4.78 is 39.1. The van der Waals surface area contributed by atoms with E-state index < -0.39 is 21.9 Å². The lowest BCUT2D eigenvalue weighted by Gasteiger charge is -2.30. The first-order chi connectivity index (χ1) is 16.4. The van der Waals surface area contributed by atoms with Crippen LogP contribution in [-0.2, 0) is 26.2 Å². The van der Waals surface area contributed by atoms with E-state index in [1.807, 2.05) is 45.0 Å². The predicted molar refractivity (Wildman–Crippen MR) is 137 cm³/mol. The SMILES string of the molecule is CC[C@@H](C)NC(=O)[C@H](C)N(Cc1ccccc1C)C(=O)CCCN(c1ccc(F)cc1)S(C)(=O)=O. The summed E-state index contributed by atoms with van der Waals surface area (Å²) in [5.41, 5.74) is 2.28. The number of hydrogen-bond donors (Lipinski definition) is 1. The van der Waals surface area contributed by atoms with Crippen LogP contribution in [-0.4, -0.2) is 50.0 Å². The zero-order chi connectivity index (χ0) is 26.2. The Labute approximate surface area is 208 Å². The highest BCUT2D eigenvalue weighted by atomic mass is 32.2. The van der Waals surface area contributed by atoms with Crippen molar-refractivity contribution in [2.45, 2.75) is 65.6 Å². The predicted octanol–water partition coefficient (Wildman–Crippen LogP) is 4.01. The van der Waals surface area contributed by atoms with Crippen LogP contribution in [0.2, 0.25) is 0 Å². The average molecular weight is 506 g/mol. The Hall–Kier alpha value is -2.94. The summed E-state index contributed by atoms with van der Waals surface area (Å²) in [5, 5.41) is 2.93. The molecule has 0 saturated heterocycles. The van der Waals surface area contributed by atoms with Gasteiger partial charge in [-0.15, -0.1) is 0 Å². The van der Waals surface area contributed by atoms with E-state index in [1.165, 1.54) is 24.3 Å². The van der Waals surface area contributed by atoms with Crippen LogP contribution in [0.3, 0.4) is 0 Å². The first-order valence-corrected chi connectivity index (χ1v) is 13.7. The van der Waals surface area contributed by atoms with Crippen molar-refractivity contribution < 1.29 is 22.4 Å². The third kappa shape index (κ3) is 8.35. The quantitative estimate of drug-likeness (QED) is 0.472. The van der Waals surface area contributed by atoms with Gasteiger partial charge >= 0.3 is 0 Å². The number of carbonyl (C=O) groups is 2. The molecule has 1 N–H and O–H groups in total. The average Bonchev–Trinajstić information content (AvgIpc) is 2.80. The number of sulfonamides is 1. The molecule has 0 aliphatic rings. The minimum atomic E-state index is -3.63. The molecule has 0 spiro atoms. The number of anilines is 1. The van der Waals surface area contributed by atoms with Gasteiger partial charge in [-0.05, 0) is 69.0 Å². The van der Waals surface area contributed by atoms with Gasteiger partial charge in [0.15, 0.2) is 0 Å². The second kappa shape index (κ2) is 12.7. The molecule has 2 aromatic rings. The number of halogens is 1. The van der Waals surface area contributed by atoms with Gasteiger partial charge in [0.1, 0.15) is 11.9 Å². The van der Waals surface area contributed by atoms with E-state index in [-0.39, 0.29) is 43.8 Å². The smallest absolute Gasteiger partial charge is 0.242 e. The summed E-state index contributed by atoms with van der Waals surface area (Å²) in [5.74, 6) is -0.938. The molecule has 0 bridgehead atoms. The van der Waals surface area contributed by atoms with Crippen molar-refractivity contribution in [1.82, 2.24) is 10.2 Å². The van der Waals surface area contributed by atoms with Gasteiger partial charge in [0.25, 0.3) is 0 Å². The maximum Gasteiger partial charge on any atom is 0.242 e. The van der Waals surface area contributed by atoms with Crippen LogP contribution >= 0.6 is 0 Å². The molecule has 9 heteroatoms. The molecule has 0 heterocycles. The molecule has 192 valence electrons. The highest BCUT2D eigenvalue weighted by Gasteiger charge is 2.27. The van der Waals surface area contributed by atoms with Gasteiger partial charge in [-0.25, -0.2) is 12.8 Å². The molecule has 0 aromatic heterocycles. The Kier molecular flexibility index (Phi) is 10.2. The molecule has 2 atom stereocenters. The minimum Gasteiger partial charge on any atom is -0.352 e. The topological polar surface area (TPSA) is 86.8 Å². The van der Waals surface area contributed by atoms with Crippen LogP contribution in [0.25, 0.3) is 0 Å². The minimum absolute atomic E-state index is 0.0145. The van der Waals surface area contributed by atoms with Gasteiger partial charge in [0, 0.05) is 25.6 Å². The molecule has 0 saturated carbocycles. The van der Waals surface area contributed by atoms with Gasteiger partial charge in [-0.3, -0.25) is 13.9 Å². The van der Waals surface area contributed by atoms with Crippen molar-refractivity contribution in [1.29, 1.82) is 0 Å². The molecular formula is C26H36FN3O4S. The van der Waals surface area contributed by atoms with Crippen LogP contribution in [0.4, 0.5) is 10.1 Å². The highest BCUT2D eigenvalue weighted by Crippen LogP contribution is 2.20. The summed E-state index contributed by atoms with van der Waals surface area (Å²) in [6.45, 7) is 7.87. The third-order valence-electron chi connectivity index (χ3n) is 6.04. The second-order valence-corrected chi connectivity index (χ2v) is 10.8. The summed E-state index contributed by atoms with van der Waals surface area (Å²) in [6.07, 6.45) is 2.15. The van der Waals surface area contributed by atoms with Crippen molar-refractivity contribution in [3.8, 4) is 0 Å². The summed E-state index contributed by atoms with van der Waals surface area (Å²) in [7, 11) is -3.63. The Balaban J connectivity index is 2.18. The third-order valence-corrected chi connectivity index (χ3v) is 7.23. The van der Waals surface area contributed by atoms with Gasteiger partial charge in [-0.2, -0.15) is 0 Å². The Bertz CT molecular complexity index is 1110. The van der Waals surface area contributed by atoms with E-state index in [2.05, 4.69) is 5.32 Å². The van der Waals surface area contributed by atoms with Crippen molar-refractivity contribution in [2.24, 2.45) is 0 Å². The number of rotatable bonds is 12. The lowest BCUT2D eigenvalue weighted by molar-refractivity contribution is -0.140. The summed E-state index contributed by atoms with van der Waals surface area (Å²) in [4.78, 5) is 27.7. The number of aryl methyl sites for hydroxylation is 1. The molecule has 0 aliphatic carbocycles. The number of nitrogens with zero attached hydrogens (tertiary/aromatic N) is 2. The van der Waals surface area contributed by atoms with E-state index in [4.69, 9.17) is 0 Å². The molecule has 2 amide bonds. The standard InChI is InChI=1S/C26H36FN3O4S/c1-6-20(3)28-26(32)21(4)29(18-22-11-8-7-10-19(22)2)25(31)12-9-17-30(35(5,33)34)24-15-13-23(27)14-16-24/h7-8,10-11,13-16,20-21H,6,9,12,17-18H2,1-5H3,(H,28,32)/t20-,21+/m1/s1. The molecule has 0 aliphatic heterocycles. The number of hydrogen-bond acceptors (Lipinski definition) is 4. The van der Waals surface area contributed by atoms with Crippen LogP contribution in [0, 0.1) is 12.7 Å². The van der Waals surface area contributed by atoms with E-state index in [0.29, 0.717) is 5.69 Å². The molecule has 0 radical (unpaired) electrons. The summed E-state index contributed by atoms with van der Waals surface area (Å²) >= 11 is 0. The largest absolute Gasteiger partial charge is 0.352 e. The lowest BCUT2D eigenvalue weighted by Crippen LogP contribution is -2.49. The summed E-state index contributed by atoms with van der Waals surface area (Å²) in [6, 6.07) is 12.2. The monoisotopic (exact) mass is 505 g/mol. The maximum absolute atomic E-state index is 13.3. The first-order valence-electron chi connectivity index (χ1n) is 11.8. The van der Waals surface area contributed by atoms with Gasteiger partial charge in [0.2, 0.25) is 21.8 Å². The van der Waals surface area contributed by atoms with Crippen molar-refractivity contribution >= 4 is 27.5 Å². The highest BCUT2D eigenvalue weighted by molar-refractivity contribution is 7.92. The van der Waals surface area contributed by atoms with Crippen molar-refractivity contribution in [2.75, 3.05) is 17.1 Å². The van der Waals surface area contributed by atoms with E-state index >= 15 is 0 Å². The molecule has 2 rings (SSSR count). The van der Waals surface area contributed by atoms with Gasteiger partial charge in [0.05, 0.1) is 11.9 Å². The maximum atomic E-state index is 13.3. The van der Waals surface area contributed by atoms with Gasteiger partial charge < -0.3 is 10.2 Å². The lowest BCUT2D eigenvalue weighted by atomic mass is 10.1. The second-order valence-electron chi connectivity index (χ2n) is 8.86. The number of benzene rings is 2. The van der Waals surface area contributed by atoms with Crippen molar-refractivity contribution in [3.63, 3.8) is 0 Å². The Morgan fingerprint density at radius 2 is 1.69 bits per heavy atom. The molecule has 2 aromatic carbocycles.